The third-order valence-corrected chi connectivity index (χ3v) is 4.37. The van der Waals surface area contributed by atoms with Crippen LogP contribution < -0.4 is 0 Å². The second-order valence-corrected chi connectivity index (χ2v) is 5.81. The topological polar surface area (TPSA) is 36.3 Å². The molecule has 0 spiro atoms. The van der Waals surface area contributed by atoms with Gasteiger partial charge >= 0.3 is 0 Å². The van der Waals surface area contributed by atoms with Crippen molar-refractivity contribution < 1.29 is 4.52 Å². The maximum absolute atomic E-state index is 8.37. The summed E-state index contributed by atoms with van der Waals surface area (Å²) in [4.78, 5) is 0. The van der Waals surface area contributed by atoms with E-state index < -0.39 is 7.50 Å². The highest BCUT2D eigenvalue weighted by Gasteiger charge is 2.21. The Bertz CT molecular complexity index is 186. The smallest absolute Gasteiger partial charge is 0.166 e. The van der Waals surface area contributed by atoms with Crippen molar-refractivity contribution in [2.75, 3.05) is 6.61 Å². The first kappa shape index (κ1) is 14.2. The van der Waals surface area contributed by atoms with E-state index in [1.54, 1.807) is 0 Å². The molecule has 82 valence electrons. The second-order valence-electron chi connectivity index (χ2n) is 3.56. The standard InChI is InChI=1S/C9H19N2OPS/c1-8(2)11(9(3)4)13(14)12-7-5-6-10/h8-9,14H,5,7H2,1-4H3. The molecule has 0 saturated carbocycles. The predicted octanol–water partition coefficient (Wildman–Crippen LogP) is 3.19. The monoisotopic (exact) mass is 234 g/mol. The highest BCUT2D eigenvalue weighted by atomic mass is 32.7. The van der Waals surface area contributed by atoms with Crippen LogP contribution in [0.25, 0.3) is 0 Å². The van der Waals surface area contributed by atoms with Gasteiger partial charge in [-0.15, -0.1) is 12.2 Å². The van der Waals surface area contributed by atoms with Crippen molar-refractivity contribution in [3.05, 3.63) is 0 Å². The Hall–Kier alpha value is 0.190. The molecule has 1 atom stereocenters. The molecule has 0 aromatic carbocycles. The molecule has 0 bridgehead atoms. The number of hydrogen-bond donors (Lipinski definition) is 1. The molecule has 0 fully saturated rings. The number of hydrogen-bond acceptors (Lipinski definition) is 4. The van der Waals surface area contributed by atoms with E-state index in [0.29, 0.717) is 25.1 Å². The minimum Gasteiger partial charge on any atom is -0.334 e. The van der Waals surface area contributed by atoms with Crippen LogP contribution in [-0.4, -0.2) is 23.4 Å². The first-order valence-corrected chi connectivity index (χ1v) is 7.14. The quantitative estimate of drug-likeness (QED) is 0.435. The largest absolute Gasteiger partial charge is 0.334 e. The molecule has 3 nitrogen and oxygen atoms in total. The molecule has 0 aliphatic carbocycles. The van der Waals surface area contributed by atoms with Crippen molar-refractivity contribution in [2.45, 2.75) is 46.2 Å². The highest BCUT2D eigenvalue weighted by molar-refractivity contribution is 8.42. The number of nitrogens with zero attached hydrogens (tertiary/aromatic N) is 2. The van der Waals surface area contributed by atoms with Crippen LogP contribution in [0.15, 0.2) is 0 Å². The molecule has 1 unspecified atom stereocenters. The molecular weight excluding hydrogens is 215 g/mol. The summed E-state index contributed by atoms with van der Waals surface area (Å²) in [6, 6.07) is 2.89. The minimum atomic E-state index is -0.858. The summed E-state index contributed by atoms with van der Waals surface area (Å²) in [5.41, 5.74) is 0. The van der Waals surface area contributed by atoms with Gasteiger partial charge < -0.3 is 4.52 Å². The molecule has 5 heteroatoms. The van der Waals surface area contributed by atoms with E-state index in [9.17, 15) is 0 Å². The van der Waals surface area contributed by atoms with Gasteiger partial charge in [0.05, 0.1) is 19.1 Å². The average Bonchev–Trinajstić information content (AvgIpc) is 2.03. The second kappa shape index (κ2) is 7.48. The van der Waals surface area contributed by atoms with Crippen LogP contribution in [0.1, 0.15) is 34.1 Å². The molecule has 0 rings (SSSR count). The average molecular weight is 234 g/mol. The third-order valence-electron chi connectivity index (χ3n) is 1.68. The fraction of sp³-hybridized carbons (Fsp3) is 0.889. The molecule has 0 amide bonds. The van der Waals surface area contributed by atoms with Crippen LogP contribution in [0.4, 0.5) is 0 Å². The lowest BCUT2D eigenvalue weighted by molar-refractivity contribution is 0.267. The number of rotatable bonds is 6. The Morgan fingerprint density at radius 3 is 2.21 bits per heavy atom. The van der Waals surface area contributed by atoms with Gasteiger partial charge in [0.15, 0.2) is 7.50 Å². The Kier molecular flexibility index (Phi) is 7.58. The molecule has 0 heterocycles. The lowest BCUT2D eigenvalue weighted by atomic mass is 10.3. The van der Waals surface area contributed by atoms with Crippen LogP contribution in [-0.2, 0) is 4.52 Å². The van der Waals surface area contributed by atoms with Crippen LogP contribution in [0.2, 0.25) is 0 Å². The van der Waals surface area contributed by atoms with Gasteiger partial charge in [0, 0.05) is 12.1 Å². The molecule has 0 saturated heterocycles. The predicted molar refractivity (Wildman–Crippen MR) is 64.2 cm³/mol. The molecule has 0 aromatic rings. The lowest BCUT2D eigenvalue weighted by Gasteiger charge is -2.33. The van der Waals surface area contributed by atoms with Crippen molar-refractivity contribution in [2.24, 2.45) is 0 Å². The summed E-state index contributed by atoms with van der Waals surface area (Å²) in [5, 5.41) is 8.37. The van der Waals surface area contributed by atoms with Gasteiger partial charge in [-0.2, -0.15) is 5.26 Å². The van der Waals surface area contributed by atoms with Gasteiger partial charge in [-0.05, 0) is 27.7 Å². The van der Waals surface area contributed by atoms with Gasteiger partial charge in [-0.1, -0.05) is 0 Å². The van der Waals surface area contributed by atoms with Crippen molar-refractivity contribution in [3.8, 4) is 6.07 Å². The van der Waals surface area contributed by atoms with Crippen molar-refractivity contribution in [1.29, 1.82) is 5.26 Å². The van der Waals surface area contributed by atoms with E-state index in [0.717, 1.165) is 0 Å². The highest BCUT2D eigenvalue weighted by Crippen LogP contribution is 2.48. The fourth-order valence-electron chi connectivity index (χ4n) is 1.23. The van der Waals surface area contributed by atoms with Gasteiger partial charge in [0.2, 0.25) is 0 Å². The Balaban J connectivity index is 4.03. The normalized spacial score (nSPS) is 13.6. The van der Waals surface area contributed by atoms with E-state index in [1.165, 1.54) is 0 Å². The molecule has 0 aromatic heterocycles. The first-order valence-electron chi connectivity index (χ1n) is 4.77. The molecular formula is C9H19N2OPS. The summed E-state index contributed by atoms with van der Waals surface area (Å²) in [6.07, 6.45) is 0.434. The van der Waals surface area contributed by atoms with Crippen LogP contribution >= 0.6 is 19.7 Å². The van der Waals surface area contributed by atoms with Gasteiger partial charge in [-0.3, -0.25) is 0 Å². The van der Waals surface area contributed by atoms with Crippen LogP contribution in [0, 0.1) is 11.3 Å². The zero-order valence-corrected chi connectivity index (χ0v) is 11.1. The van der Waals surface area contributed by atoms with Crippen LogP contribution in [0.3, 0.4) is 0 Å². The van der Waals surface area contributed by atoms with Crippen molar-refractivity contribution >= 4 is 19.7 Å². The van der Waals surface area contributed by atoms with Gasteiger partial charge in [0.1, 0.15) is 0 Å². The summed E-state index contributed by atoms with van der Waals surface area (Å²) in [5.74, 6) is 0. The van der Waals surface area contributed by atoms with Gasteiger partial charge in [0.25, 0.3) is 0 Å². The fourth-order valence-corrected chi connectivity index (χ4v) is 3.89. The maximum atomic E-state index is 8.37. The number of thiol groups is 1. The lowest BCUT2D eigenvalue weighted by Crippen LogP contribution is -2.31. The SMILES string of the molecule is CC(C)N(C(C)C)P(S)OCCC#N. The molecule has 14 heavy (non-hydrogen) atoms. The van der Waals surface area contributed by atoms with Crippen LogP contribution in [0.5, 0.6) is 0 Å². The van der Waals surface area contributed by atoms with E-state index >= 15 is 0 Å². The van der Waals surface area contributed by atoms with Gasteiger partial charge in [-0.25, -0.2) is 4.67 Å². The summed E-state index contributed by atoms with van der Waals surface area (Å²) in [7, 11) is -0.858. The van der Waals surface area contributed by atoms with E-state index in [1.807, 2.05) is 0 Å². The summed E-state index contributed by atoms with van der Waals surface area (Å²) in [6.45, 7) is 8.97. The van der Waals surface area contributed by atoms with Crippen molar-refractivity contribution in [1.82, 2.24) is 4.67 Å². The minimum absolute atomic E-state index is 0.417. The van der Waals surface area contributed by atoms with E-state index in [4.69, 9.17) is 9.79 Å². The van der Waals surface area contributed by atoms with E-state index in [2.05, 4.69) is 50.7 Å². The molecule has 0 radical (unpaired) electrons. The Morgan fingerprint density at radius 2 is 1.86 bits per heavy atom. The zero-order valence-electron chi connectivity index (χ0n) is 9.27. The summed E-state index contributed by atoms with van der Waals surface area (Å²) < 4.78 is 7.72. The number of nitriles is 1. The summed E-state index contributed by atoms with van der Waals surface area (Å²) >= 11 is 4.44. The van der Waals surface area contributed by atoms with Crippen molar-refractivity contribution in [3.63, 3.8) is 0 Å². The molecule has 0 N–H and O–H groups in total. The zero-order chi connectivity index (χ0) is 11.1. The Morgan fingerprint density at radius 1 is 1.36 bits per heavy atom. The Labute approximate surface area is 93.5 Å². The third kappa shape index (κ3) is 5.17. The van der Waals surface area contributed by atoms with E-state index in [-0.39, 0.29) is 0 Å². The maximum Gasteiger partial charge on any atom is 0.166 e. The molecule has 0 aliphatic heterocycles. The first-order chi connectivity index (χ1) is 6.50. The molecule has 0 aliphatic rings.